The lowest BCUT2D eigenvalue weighted by molar-refractivity contribution is -0.509. The molecule has 2 aromatic heterocycles. The number of hydrogen-bond acceptors (Lipinski definition) is 2. The summed E-state index contributed by atoms with van der Waals surface area (Å²) in [5.74, 6) is 1.65. The Hall–Kier alpha value is -2.81. The van der Waals surface area contributed by atoms with Gasteiger partial charge < -0.3 is 9.47 Å². The maximum absolute atomic E-state index is 5.51. The lowest BCUT2D eigenvalue weighted by atomic mass is 10.1. The molecule has 3 nitrogen and oxygen atoms in total. The van der Waals surface area contributed by atoms with Crippen molar-refractivity contribution in [3.8, 4) is 11.5 Å². The smallest absolute Gasteiger partial charge is 0.231 e. The predicted molar refractivity (Wildman–Crippen MR) is 80.7 cm³/mol. The minimum atomic E-state index is 0.305. The highest BCUT2D eigenvalue weighted by Gasteiger charge is 2.17. The lowest BCUT2D eigenvalue weighted by Crippen LogP contribution is -2.20. The largest absolute Gasteiger partial charge is 0.454 e. The maximum atomic E-state index is 5.51. The third-order valence-electron chi connectivity index (χ3n) is 4.08. The van der Waals surface area contributed by atoms with Crippen molar-refractivity contribution in [1.29, 1.82) is 0 Å². The Morgan fingerprint density at radius 2 is 1.62 bits per heavy atom. The monoisotopic (exact) mass is 274 g/mol. The van der Waals surface area contributed by atoms with Crippen molar-refractivity contribution in [2.24, 2.45) is 0 Å². The zero-order valence-electron chi connectivity index (χ0n) is 11.2. The van der Waals surface area contributed by atoms with E-state index in [9.17, 15) is 0 Å². The molecule has 0 N–H and O–H groups in total. The van der Waals surface area contributed by atoms with E-state index in [1.807, 2.05) is 6.07 Å². The fraction of sp³-hybridized carbons (Fsp3) is 0.0556. The molecule has 0 atom stereocenters. The van der Waals surface area contributed by atoms with Gasteiger partial charge in [-0.15, -0.1) is 0 Å². The van der Waals surface area contributed by atoms with Crippen LogP contribution in [-0.2, 0) is 0 Å². The highest BCUT2D eigenvalue weighted by Crippen LogP contribution is 2.36. The first kappa shape index (κ1) is 10.9. The molecule has 0 aliphatic carbocycles. The molecule has 3 heterocycles. The zero-order chi connectivity index (χ0) is 13.8. The summed E-state index contributed by atoms with van der Waals surface area (Å²) in [6, 6.07) is 16.9. The molecule has 0 amide bonds. The number of hydrogen-bond donors (Lipinski definition) is 0. The van der Waals surface area contributed by atoms with E-state index in [2.05, 4.69) is 59.3 Å². The van der Waals surface area contributed by atoms with E-state index in [-0.39, 0.29) is 0 Å². The van der Waals surface area contributed by atoms with Gasteiger partial charge in [0.2, 0.25) is 12.3 Å². The fourth-order valence-corrected chi connectivity index (χ4v) is 3.02. The molecule has 0 spiro atoms. The van der Waals surface area contributed by atoms with Crippen LogP contribution in [0.2, 0.25) is 0 Å². The second-order valence-corrected chi connectivity index (χ2v) is 5.30. The molecule has 5 rings (SSSR count). The Bertz CT molecular complexity index is 1020. The first-order valence-corrected chi connectivity index (χ1v) is 6.95. The summed E-state index contributed by atoms with van der Waals surface area (Å²) in [5.41, 5.74) is 1.17. The Morgan fingerprint density at radius 1 is 0.810 bits per heavy atom. The second kappa shape index (κ2) is 3.85. The molecule has 2 aromatic carbocycles. The van der Waals surface area contributed by atoms with E-state index in [1.54, 1.807) is 0 Å². The number of rotatable bonds is 0. The topological polar surface area (TPSA) is 22.6 Å². The van der Waals surface area contributed by atoms with Crippen molar-refractivity contribution in [3.63, 3.8) is 0 Å². The molecule has 0 saturated heterocycles. The van der Waals surface area contributed by atoms with E-state index in [1.165, 1.54) is 21.7 Å². The summed E-state index contributed by atoms with van der Waals surface area (Å²) in [6.07, 6.45) is 4.25. The van der Waals surface area contributed by atoms with Gasteiger partial charge in [0.1, 0.15) is 0 Å². The first-order chi connectivity index (χ1) is 10.4. The SMILES string of the molecule is c1ccc2c[n+]3ccc4cc5c(cc4c3cc2c1)OCO5. The molecular formula is C18H12NO2+. The van der Waals surface area contributed by atoms with E-state index < -0.39 is 0 Å². The van der Waals surface area contributed by atoms with Crippen molar-refractivity contribution in [1.82, 2.24) is 0 Å². The van der Waals surface area contributed by atoms with E-state index >= 15 is 0 Å². The molecule has 1 aliphatic rings. The van der Waals surface area contributed by atoms with Gasteiger partial charge in [0.15, 0.2) is 23.9 Å². The van der Waals surface area contributed by atoms with Crippen molar-refractivity contribution < 1.29 is 13.9 Å². The standard InChI is InChI=1S/C18H12NO2/c1-2-4-14-10-19-6-5-13-8-17-18(21-11-20-17)9-15(13)16(19)7-12(14)3-1/h1-10H,11H2/q+1. The van der Waals surface area contributed by atoms with Gasteiger partial charge in [-0.25, -0.2) is 0 Å². The van der Waals surface area contributed by atoms with Gasteiger partial charge in [-0.3, -0.25) is 0 Å². The molecule has 3 heteroatoms. The summed E-state index contributed by atoms with van der Waals surface area (Å²) >= 11 is 0. The van der Waals surface area contributed by atoms with E-state index in [4.69, 9.17) is 9.47 Å². The Morgan fingerprint density at radius 3 is 2.52 bits per heavy atom. The summed E-state index contributed by atoms with van der Waals surface area (Å²) in [5, 5.41) is 4.81. The van der Waals surface area contributed by atoms with Crippen LogP contribution >= 0.6 is 0 Å². The van der Waals surface area contributed by atoms with Crippen LogP contribution in [0.3, 0.4) is 0 Å². The Kier molecular flexibility index (Phi) is 2.00. The van der Waals surface area contributed by atoms with Crippen molar-refractivity contribution >= 4 is 27.1 Å². The van der Waals surface area contributed by atoms with Gasteiger partial charge >= 0.3 is 0 Å². The molecule has 0 fully saturated rings. The molecule has 0 saturated carbocycles. The molecule has 100 valence electrons. The lowest BCUT2D eigenvalue weighted by Gasteiger charge is -2.02. The van der Waals surface area contributed by atoms with Gasteiger partial charge in [-0.05, 0) is 29.0 Å². The van der Waals surface area contributed by atoms with Gasteiger partial charge in [-0.2, -0.15) is 4.40 Å². The average molecular weight is 274 g/mol. The molecule has 1 aliphatic heterocycles. The van der Waals surface area contributed by atoms with Crippen LogP contribution in [-0.4, -0.2) is 6.79 Å². The molecule has 0 bridgehead atoms. The number of nitrogens with zero attached hydrogens (tertiary/aromatic N) is 1. The number of fused-ring (bicyclic) bond motifs is 5. The Labute approximate surface area is 121 Å². The predicted octanol–water partition coefficient (Wildman–Crippen LogP) is 3.46. The van der Waals surface area contributed by atoms with Crippen LogP contribution in [0.1, 0.15) is 0 Å². The first-order valence-electron chi connectivity index (χ1n) is 6.95. The summed E-state index contributed by atoms with van der Waals surface area (Å²) in [4.78, 5) is 0. The molecule has 4 aromatic rings. The number of benzene rings is 2. The van der Waals surface area contributed by atoms with E-state index in [0.717, 1.165) is 16.9 Å². The van der Waals surface area contributed by atoms with Crippen LogP contribution < -0.4 is 13.9 Å². The highest BCUT2D eigenvalue weighted by molar-refractivity contribution is 5.98. The second-order valence-electron chi connectivity index (χ2n) is 5.30. The van der Waals surface area contributed by atoms with Crippen molar-refractivity contribution in [2.45, 2.75) is 0 Å². The van der Waals surface area contributed by atoms with Crippen LogP contribution in [0, 0.1) is 0 Å². The molecule has 0 radical (unpaired) electrons. The molecule has 21 heavy (non-hydrogen) atoms. The van der Waals surface area contributed by atoms with E-state index in [0.29, 0.717) is 6.79 Å². The quantitative estimate of drug-likeness (QED) is 0.278. The van der Waals surface area contributed by atoms with Gasteiger partial charge in [0.25, 0.3) is 0 Å². The van der Waals surface area contributed by atoms with Crippen LogP contribution in [0.5, 0.6) is 11.5 Å². The van der Waals surface area contributed by atoms with Crippen molar-refractivity contribution in [2.75, 3.05) is 6.79 Å². The van der Waals surface area contributed by atoms with Gasteiger partial charge in [0.05, 0.1) is 5.39 Å². The average Bonchev–Trinajstić information content (AvgIpc) is 2.98. The number of pyridine rings is 2. The molecule has 0 unspecified atom stereocenters. The third-order valence-corrected chi connectivity index (χ3v) is 4.08. The summed E-state index contributed by atoms with van der Waals surface area (Å²) in [7, 11) is 0. The number of aromatic nitrogens is 1. The van der Waals surface area contributed by atoms with Crippen LogP contribution in [0.4, 0.5) is 0 Å². The summed E-state index contributed by atoms with van der Waals surface area (Å²) in [6.45, 7) is 0.305. The highest BCUT2D eigenvalue weighted by atomic mass is 16.7. The normalized spacial score (nSPS) is 13.3. The van der Waals surface area contributed by atoms with Gasteiger partial charge in [-0.1, -0.05) is 18.2 Å². The number of ether oxygens (including phenoxy) is 2. The third kappa shape index (κ3) is 1.51. The van der Waals surface area contributed by atoms with Crippen LogP contribution in [0.15, 0.2) is 60.9 Å². The molecular weight excluding hydrogens is 262 g/mol. The zero-order valence-corrected chi connectivity index (χ0v) is 11.2. The van der Waals surface area contributed by atoms with Crippen molar-refractivity contribution in [3.05, 3.63) is 60.9 Å². The summed E-state index contributed by atoms with van der Waals surface area (Å²) < 4.78 is 13.1. The minimum absolute atomic E-state index is 0.305. The fourth-order valence-electron chi connectivity index (χ4n) is 3.02. The van der Waals surface area contributed by atoms with Crippen LogP contribution in [0.25, 0.3) is 27.1 Å². The van der Waals surface area contributed by atoms with Gasteiger partial charge in [0, 0.05) is 17.5 Å². The minimum Gasteiger partial charge on any atom is -0.454 e. The Balaban J connectivity index is 1.96. The maximum Gasteiger partial charge on any atom is 0.231 e.